The molecule has 1 atom stereocenters. The molecule has 0 saturated carbocycles. The van der Waals surface area contributed by atoms with Crippen LogP contribution in [0.25, 0.3) is 0 Å². The van der Waals surface area contributed by atoms with Gasteiger partial charge in [0.15, 0.2) is 0 Å². The smallest absolute Gasteiger partial charge is 0.143 e. The van der Waals surface area contributed by atoms with Crippen molar-refractivity contribution in [2.75, 3.05) is 14.1 Å². The summed E-state index contributed by atoms with van der Waals surface area (Å²) in [5.41, 5.74) is 0.438. The van der Waals surface area contributed by atoms with E-state index in [1.165, 1.54) is 0 Å². The van der Waals surface area contributed by atoms with Crippen molar-refractivity contribution >= 4 is 0 Å². The number of nitrogens with zero attached hydrogens (tertiary/aromatic N) is 1. The van der Waals surface area contributed by atoms with Crippen molar-refractivity contribution in [3.05, 3.63) is 11.6 Å². The number of rotatable bonds is 1. The number of aliphatic hydroxyl groups is 1. The van der Waals surface area contributed by atoms with E-state index >= 15 is 0 Å². The van der Waals surface area contributed by atoms with Gasteiger partial charge in [-0.3, -0.25) is 4.90 Å². The highest BCUT2D eigenvalue weighted by Crippen LogP contribution is 2.32. The van der Waals surface area contributed by atoms with E-state index in [0.29, 0.717) is 0 Å². The fourth-order valence-corrected chi connectivity index (χ4v) is 1.02. The first-order valence-electron chi connectivity index (χ1n) is 3.14. The van der Waals surface area contributed by atoms with Crippen LogP contribution in [-0.2, 0) is 0 Å². The Labute approximate surface area is 55.8 Å². The molecule has 0 spiro atoms. The van der Waals surface area contributed by atoms with Gasteiger partial charge in [0.2, 0.25) is 0 Å². The molecule has 1 aliphatic rings. The van der Waals surface area contributed by atoms with E-state index in [9.17, 15) is 5.11 Å². The highest BCUT2D eigenvalue weighted by Gasteiger charge is 2.36. The summed E-state index contributed by atoms with van der Waals surface area (Å²) in [6, 6.07) is 0. The third-order valence-electron chi connectivity index (χ3n) is 2.06. The third-order valence-corrected chi connectivity index (χ3v) is 2.06. The molecule has 1 aliphatic carbocycles. The van der Waals surface area contributed by atoms with Gasteiger partial charge in [0.05, 0.1) is 0 Å². The summed E-state index contributed by atoms with van der Waals surface area (Å²) >= 11 is 0. The summed E-state index contributed by atoms with van der Waals surface area (Å²) in [5, 5.41) is 9.61. The van der Waals surface area contributed by atoms with Crippen LogP contribution in [0.3, 0.4) is 0 Å². The van der Waals surface area contributed by atoms with Crippen LogP contribution in [0.1, 0.15) is 13.3 Å². The third kappa shape index (κ3) is 0.787. The molecule has 2 heteroatoms. The lowest BCUT2D eigenvalue weighted by Crippen LogP contribution is -2.49. The zero-order valence-corrected chi connectivity index (χ0v) is 6.18. The molecule has 0 aromatic carbocycles. The van der Waals surface area contributed by atoms with Crippen molar-refractivity contribution in [2.24, 2.45) is 0 Å². The molecule has 0 bridgehead atoms. The monoisotopic (exact) mass is 127 g/mol. The number of hydrogen-bond donors (Lipinski definition) is 1. The van der Waals surface area contributed by atoms with Crippen molar-refractivity contribution in [1.82, 2.24) is 4.90 Å². The second-order valence-corrected chi connectivity index (χ2v) is 2.80. The lowest BCUT2D eigenvalue weighted by molar-refractivity contribution is -0.0618. The van der Waals surface area contributed by atoms with Gasteiger partial charge in [-0.2, -0.15) is 0 Å². The Morgan fingerprint density at radius 3 is 2.22 bits per heavy atom. The fraction of sp³-hybridized carbons (Fsp3) is 0.714. The van der Waals surface area contributed by atoms with Crippen molar-refractivity contribution < 1.29 is 5.11 Å². The number of likely N-dealkylation sites (N-methyl/N-ethyl adjacent to an activating group) is 1. The second kappa shape index (κ2) is 1.82. The van der Waals surface area contributed by atoms with Gasteiger partial charge in [-0.15, -0.1) is 0 Å². The predicted octanol–water partition coefficient (Wildman–Crippen LogP) is 0.587. The normalized spacial score (nSPS) is 34.1. The molecule has 9 heavy (non-hydrogen) atoms. The van der Waals surface area contributed by atoms with Crippen LogP contribution in [-0.4, -0.2) is 29.8 Å². The average molecular weight is 127 g/mol. The average Bonchev–Trinajstić information content (AvgIpc) is 1.82. The van der Waals surface area contributed by atoms with Crippen LogP contribution >= 0.6 is 0 Å². The Bertz CT molecular complexity index is 151. The van der Waals surface area contributed by atoms with Gasteiger partial charge in [-0.05, 0) is 26.6 Å². The fourth-order valence-electron chi connectivity index (χ4n) is 1.02. The summed E-state index contributed by atoms with van der Waals surface area (Å²) in [6.07, 6.45) is 2.81. The Hall–Kier alpha value is -0.340. The highest BCUT2D eigenvalue weighted by molar-refractivity contribution is 5.24. The molecule has 0 aromatic rings. The van der Waals surface area contributed by atoms with E-state index in [1.807, 2.05) is 32.0 Å². The van der Waals surface area contributed by atoms with Crippen LogP contribution in [0.2, 0.25) is 0 Å². The topological polar surface area (TPSA) is 23.5 Å². The van der Waals surface area contributed by atoms with E-state index in [-0.39, 0.29) is 0 Å². The summed E-state index contributed by atoms with van der Waals surface area (Å²) in [5.74, 6) is 0. The molecule has 1 unspecified atom stereocenters. The minimum Gasteiger partial charge on any atom is -0.371 e. The van der Waals surface area contributed by atoms with Crippen molar-refractivity contribution in [2.45, 2.75) is 19.1 Å². The van der Waals surface area contributed by atoms with Crippen LogP contribution < -0.4 is 0 Å². The molecule has 0 amide bonds. The van der Waals surface area contributed by atoms with E-state index in [2.05, 4.69) is 0 Å². The molecule has 1 rings (SSSR count). The van der Waals surface area contributed by atoms with E-state index in [1.54, 1.807) is 0 Å². The predicted molar refractivity (Wildman–Crippen MR) is 37.0 cm³/mol. The minimum atomic E-state index is -0.625. The van der Waals surface area contributed by atoms with Crippen molar-refractivity contribution in [3.63, 3.8) is 0 Å². The summed E-state index contributed by atoms with van der Waals surface area (Å²) in [6.45, 7) is 1.95. The lowest BCUT2D eigenvalue weighted by atomic mass is 9.88. The molecule has 2 nitrogen and oxygen atoms in total. The molecule has 0 radical (unpaired) electrons. The Morgan fingerprint density at radius 1 is 1.67 bits per heavy atom. The van der Waals surface area contributed by atoms with Gasteiger partial charge in [-0.25, -0.2) is 0 Å². The standard InChI is InChI=1S/C7H13NO/c1-6-4-5-7(6,9)8(2)3/h4,9H,5H2,1-3H3. The molecule has 0 aromatic heterocycles. The molecule has 0 saturated heterocycles. The maximum atomic E-state index is 9.61. The minimum absolute atomic E-state index is 0.625. The SMILES string of the molecule is CC1=CCC1(O)N(C)C. The Morgan fingerprint density at radius 2 is 2.22 bits per heavy atom. The van der Waals surface area contributed by atoms with Gasteiger partial charge in [0.1, 0.15) is 5.72 Å². The lowest BCUT2D eigenvalue weighted by Gasteiger charge is -2.41. The second-order valence-electron chi connectivity index (χ2n) is 2.80. The Balaban J connectivity index is 2.69. The molecule has 52 valence electrons. The molecular formula is C7H13NO. The first kappa shape index (κ1) is 6.78. The van der Waals surface area contributed by atoms with Gasteiger partial charge in [-0.1, -0.05) is 6.08 Å². The van der Waals surface area contributed by atoms with Gasteiger partial charge >= 0.3 is 0 Å². The molecule has 0 fully saturated rings. The largest absolute Gasteiger partial charge is 0.371 e. The first-order chi connectivity index (χ1) is 4.07. The van der Waals surface area contributed by atoms with Gasteiger partial charge < -0.3 is 5.11 Å². The van der Waals surface area contributed by atoms with Crippen LogP contribution in [0.15, 0.2) is 11.6 Å². The van der Waals surface area contributed by atoms with Crippen LogP contribution in [0, 0.1) is 0 Å². The summed E-state index contributed by atoms with van der Waals surface area (Å²) in [7, 11) is 3.77. The highest BCUT2D eigenvalue weighted by atomic mass is 16.3. The summed E-state index contributed by atoms with van der Waals surface area (Å²) in [4.78, 5) is 1.84. The van der Waals surface area contributed by atoms with Crippen molar-refractivity contribution in [1.29, 1.82) is 0 Å². The Kier molecular flexibility index (Phi) is 1.37. The van der Waals surface area contributed by atoms with E-state index < -0.39 is 5.72 Å². The zero-order chi connectivity index (χ0) is 7.07. The van der Waals surface area contributed by atoms with Crippen LogP contribution in [0.4, 0.5) is 0 Å². The van der Waals surface area contributed by atoms with Gasteiger partial charge in [0, 0.05) is 6.42 Å². The quantitative estimate of drug-likeness (QED) is 0.411. The van der Waals surface area contributed by atoms with Crippen molar-refractivity contribution in [3.8, 4) is 0 Å². The maximum absolute atomic E-state index is 9.61. The zero-order valence-electron chi connectivity index (χ0n) is 6.18. The molecule has 0 aliphatic heterocycles. The molecule has 0 heterocycles. The summed E-state index contributed by atoms with van der Waals surface area (Å²) < 4.78 is 0. The van der Waals surface area contributed by atoms with Crippen LogP contribution in [0.5, 0.6) is 0 Å². The van der Waals surface area contributed by atoms with E-state index in [4.69, 9.17) is 0 Å². The molecular weight excluding hydrogens is 114 g/mol. The first-order valence-corrected chi connectivity index (χ1v) is 3.14. The number of hydrogen-bond acceptors (Lipinski definition) is 2. The maximum Gasteiger partial charge on any atom is 0.143 e. The van der Waals surface area contributed by atoms with E-state index in [0.717, 1.165) is 12.0 Å². The van der Waals surface area contributed by atoms with Gasteiger partial charge in [0.25, 0.3) is 0 Å². The molecule has 1 N–H and O–H groups in total.